The highest BCUT2D eigenvalue weighted by atomic mass is 35.5. The fourth-order valence-electron chi connectivity index (χ4n) is 1.96. The maximum Gasteiger partial charge on any atom is 0.271 e. The second kappa shape index (κ2) is 7.57. The maximum absolute atomic E-state index is 13.1. The minimum absolute atomic E-state index is 0.137. The van der Waals surface area contributed by atoms with E-state index in [1.54, 1.807) is 0 Å². The van der Waals surface area contributed by atoms with E-state index in [1.807, 2.05) is 0 Å². The Hall–Kier alpha value is -2.22. The van der Waals surface area contributed by atoms with Gasteiger partial charge < -0.3 is 10.4 Å². The molecule has 9 heteroatoms. The molecule has 6 nitrogen and oxygen atoms in total. The Kier molecular flexibility index (Phi) is 5.71. The monoisotopic (exact) mass is 372 g/mol. The van der Waals surface area contributed by atoms with E-state index in [9.17, 15) is 24.4 Å². The highest BCUT2D eigenvalue weighted by Crippen LogP contribution is 2.30. The average Bonchev–Trinajstić information content (AvgIpc) is 2.54. The summed E-state index contributed by atoms with van der Waals surface area (Å²) >= 11 is 11.7. The van der Waals surface area contributed by atoms with Crippen molar-refractivity contribution >= 4 is 34.8 Å². The first-order valence-electron chi connectivity index (χ1n) is 6.64. The molecule has 24 heavy (non-hydrogen) atoms. The molecule has 0 unspecified atom stereocenters. The summed E-state index contributed by atoms with van der Waals surface area (Å²) in [6, 6.07) is 7.29. The van der Waals surface area contributed by atoms with Gasteiger partial charge in [0.25, 0.3) is 11.6 Å². The van der Waals surface area contributed by atoms with Gasteiger partial charge in [-0.3, -0.25) is 14.9 Å². The lowest BCUT2D eigenvalue weighted by Gasteiger charge is -2.13. The van der Waals surface area contributed by atoms with Crippen molar-refractivity contribution in [3.8, 4) is 0 Å². The lowest BCUT2D eigenvalue weighted by atomic mass is 10.1. The molecule has 2 N–H and O–H groups in total. The van der Waals surface area contributed by atoms with Crippen molar-refractivity contribution in [2.24, 2.45) is 0 Å². The number of hydrogen-bond acceptors (Lipinski definition) is 4. The zero-order valence-corrected chi connectivity index (χ0v) is 13.5. The number of aliphatic hydroxyl groups is 1. The molecule has 0 aromatic heterocycles. The Labute approximate surface area is 146 Å². The van der Waals surface area contributed by atoms with Gasteiger partial charge in [-0.05, 0) is 17.7 Å². The van der Waals surface area contributed by atoms with Crippen molar-refractivity contribution in [3.63, 3.8) is 0 Å². The number of nitro benzene ring substituents is 1. The van der Waals surface area contributed by atoms with E-state index in [-0.39, 0.29) is 33.4 Å². The van der Waals surface area contributed by atoms with Crippen molar-refractivity contribution in [2.75, 3.05) is 6.54 Å². The largest absolute Gasteiger partial charge is 0.387 e. The van der Waals surface area contributed by atoms with Crippen LogP contribution in [0.25, 0.3) is 0 Å². The molecule has 0 bridgehead atoms. The van der Waals surface area contributed by atoms with Gasteiger partial charge in [0.15, 0.2) is 0 Å². The summed E-state index contributed by atoms with van der Waals surface area (Å²) in [5.74, 6) is -1.27. The number of aliphatic hydroxyl groups excluding tert-OH is 1. The first-order valence-corrected chi connectivity index (χ1v) is 7.40. The van der Waals surface area contributed by atoms with Crippen LogP contribution >= 0.6 is 23.2 Å². The quantitative estimate of drug-likeness (QED) is 0.620. The van der Waals surface area contributed by atoms with Crippen LogP contribution in [0.3, 0.4) is 0 Å². The van der Waals surface area contributed by atoms with Gasteiger partial charge in [-0.15, -0.1) is 0 Å². The summed E-state index contributed by atoms with van der Waals surface area (Å²) in [7, 11) is 0. The highest BCUT2D eigenvalue weighted by molar-refractivity contribution is 6.44. The molecule has 0 heterocycles. The van der Waals surface area contributed by atoms with E-state index < -0.39 is 22.8 Å². The first-order chi connectivity index (χ1) is 11.3. The normalized spacial score (nSPS) is 11.8. The number of hydrogen-bond donors (Lipinski definition) is 2. The predicted octanol–water partition coefficient (Wildman–Crippen LogP) is 3.50. The number of benzene rings is 2. The number of amides is 1. The molecular formula is C15H11Cl2FN2O4. The number of nitro groups is 1. The van der Waals surface area contributed by atoms with Crippen LogP contribution in [0.1, 0.15) is 22.0 Å². The Balaban J connectivity index is 2.14. The van der Waals surface area contributed by atoms with Gasteiger partial charge in [-0.2, -0.15) is 0 Å². The van der Waals surface area contributed by atoms with Crippen LogP contribution in [0.2, 0.25) is 10.0 Å². The molecule has 0 aliphatic rings. The minimum Gasteiger partial charge on any atom is -0.387 e. The fraction of sp³-hybridized carbons (Fsp3) is 0.133. The molecule has 0 aliphatic carbocycles. The number of halogens is 3. The van der Waals surface area contributed by atoms with Gasteiger partial charge in [0.1, 0.15) is 5.82 Å². The van der Waals surface area contributed by atoms with E-state index in [4.69, 9.17) is 23.2 Å². The van der Waals surface area contributed by atoms with Crippen molar-refractivity contribution in [3.05, 3.63) is 73.5 Å². The van der Waals surface area contributed by atoms with Gasteiger partial charge in [-0.1, -0.05) is 35.3 Å². The Bertz CT molecular complexity index is 801. The Morgan fingerprint density at radius 3 is 2.67 bits per heavy atom. The number of carbonyl (C=O) groups is 1. The summed E-state index contributed by atoms with van der Waals surface area (Å²) in [6.07, 6.45) is -1.16. The van der Waals surface area contributed by atoms with Crippen LogP contribution in [0.15, 0.2) is 36.4 Å². The van der Waals surface area contributed by atoms with Crippen LogP contribution in [-0.4, -0.2) is 22.5 Å². The molecule has 2 rings (SSSR count). The smallest absolute Gasteiger partial charge is 0.271 e. The summed E-state index contributed by atoms with van der Waals surface area (Å²) in [6.45, 7) is -0.237. The number of rotatable bonds is 5. The van der Waals surface area contributed by atoms with Gasteiger partial charge in [0.05, 0.1) is 26.6 Å². The fourth-order valence-corrected chi connectivity index (χ4v) is 2.37. The van der Waals surface area contributed by atoms with E-state index in [0.29, 0.717) is 0 Å². The lowest BCUT2D eigenvalue weighted by molar-refractivity contribution is -0.384. The zero-order valence-electron chi connectivity index (χ0n) is 12.0. The molecule has 0 saturated carbocycles. The van der Waals surface area contributed by atoms with E-state index in [1.165, 1.54) is 18.2 Å². The standard InChI is InChI=1S/C15H11Cl2FN2O4/c16-12-6-10(20(23)24)5-11(14(12)17)15(22)19-7-13(21)8-2-1-3-9(18)4-8/h1-6,13,21H,7H2,(H,19,22)/t13-/m1/s1. The molecule has 0 fully saturated rings. The van der Waals surface area contributed by atoms with E-state index in [0.717, 1.165) is 18.2 Å². The third-order valence-corrected chi connectivity index (χ3v) is 3.96. The molecule has 0 spiro atoms. The molecule has 0 aliphatic heterocycles. The summed E-state index contributed by atoms with van der Waals surface area (Å²) < 4.78 is 13.1. The summed E-state index contributed by atoms with van der Waals surface area (Å²) in [5, 5.41) is 22.9. The second-order valence-electron chi connectivity index (χ2n) is 4.83. The topological polar surface area (TPSA) is 92.5 Å². The Morgan fingerprint density at radius 2 is 2.04 bits per heavy atom. The third-order valence-electron chi connectivity index (χ3n) is 3.16. The third kappa shape index (κ3) is 4.19. The molecule has 1 amide bonds. The van der Waals surface area contributed by atoms with Crippen LogP contribution in [-0.2, 0) is 0 Å². The number of non-ortho nitro benzene ring substituents is 1. The van der Waals surface area contributed by atoms with E-state index >= 15 is 0 Å². The van der Waals surface area contributed by atoms with Crippen LogP contribution < -0.4 is 5.32 Å². The predicted molar refractivity (Wildman–Crippen MR) is 86.8 cm³/mol. The van der Waals surface area contributed by atoms with Gasteiger partial charge in [0.2, 0.25) is 0 Å². The van der Waals surface area contributed by atoms with Gasteiger partial charge in [-0.25, -0.2) is 4.39 Å². The van der Waals surface area contributed by atoms with Gasteiger partial charge >= 0.3 is 0 Å². The average molecular weight is 373 g/mol. The van der Waals surface area contributed by atoms with Gasteiger partial charge in [0, 0.05) is 18.7 Å². The lowest BCUT2D eigenvalue weighted by Crippen LogP contribution is -2.28. The zero-order chi connectivity index (χ0) is 17.9. The number of nitrogens with one attached hydrogen (secondary N) is 1. The SMILES string of the molecule is O=C(NC[C@@H](O)c1cccc(F)c1)c1cc([N+](=O)[O-])cc(Cl)c1Cl. The molecule has 0 saturated heterocycles. The second-order valence-corrected chi connectivity index (χ2v) is 5.61. The van der Waals surface area contributed by atoms with Crippen molar-refractivity contribution in [1.82, 2.24) is 5.32 Å². The molecule has 0 radical (unpaired) electrons. The first kappa shape index (κ1) is 18.1. The van der Waals surface area contributed by atoms with Crippen LogP contribution in [0.4, 0.5) is 10.1 Å². The summed E-state index contributed by atoms with van der Waals surface area (Å²) in [4.78, 5) is 22.2. The molecule has 2 aromatic carbocycles. The number of nitrogens with zero attached hydrogens (tertiary/aromatic N) is 1. The molecular weight excluding hydrogens is 362 g/mol. The minimum atomic E-state index is -1.16. The highest BCUT2D eigenvalue weighted by Gasteiger charge is 2.20. The van der Waals surface area contributed by atoms with Crippen molar-refractivity contribution in [2.45, 2.75) is 6.10 Å². The Morgan fingerprint density at radius 1 is 1.33 bits per heavy atom. The van der Waals surface area contributed by atoms with Crippen LogP contribution in [0, 0.1) is 15.9 Å². The van der Waals surface area contributed by atoms with E-state index in [2.05, 4.69) is 5.32 Å². The molecule has 1 atom stereocenters. The van der Waals surface area contributed by atoms with Crippen molar-refractivity contribution in [1.29, 1.82) is 0 Å². The summed E-state index contributed by atoms with van der Waals surface area (Å²) in [5.41, 5.74) is -0.305. The van der Waals surface area contributed by atoms with Crippen molar-refractivity contribution < 1.29 is 19.2 Å². The molecule has 2 aromatic rings. The molecule has 126 valence electrons. The maximum atomic E-state index is 13.1. The van der Waals surface area contributed by atoms with Crippen LogP contribution in [0.5, 0.6) is 0 Å². The number of carbonyl (C=O) groups excluding carboxylic acids is 1.